The van der Waals surface area contributed by atoms with Crippen LogP contribution < -0.4 is 20.7 Å². The average molecular weight is 543 g/mol. The number of aliphatic imine (C=N–C) groups is 1. The van der Waals surface area contributed by atoms with Gasteiger partial charge in [-0.3, -0.25) is 14.7 Å². The maximum absolute atomic E-state index is 11.6. The molecule has 2 fully saturated rings. The fraction of sp³-hybridized carbons (Fsp3) is 0.652. The molecule has 1 heterocycles. The lowest BCUT2D eigenvalue weighted by atomic mass is 9.78. The van der Waals surface area contributed by atoms with Gasteiger partial charge in [-0.15, -0.1) is 24.0 Å². The minimum atomic E-state index is 0. The fourth-order valence-corrected chi connectivity index (χ4v) is 4.73. The predicted octanol–water partition coefficient (Wildman–Crippen LogP) is 2.50. The number of carbonyl (C=O) groups excluding carboxylic acids is 1. The van der Waals surface area contributed by atoms with E-state index in [0.29, 0.717) is 12.6 Å². The van der Waals surface area contributed by atoms with Crippen LogP contribution in [0.15, 0.2) is 29.3 Å². The summed E-state index contributed by atoms with van der Waals surface area (Å²) in [7, 11) is 5.25. The topological polar surface area (TPSA) is 78.0 Å². The molecule has 1 amide bonds. The van der Waals surface area contributed by atoms with E-state index in [4.69, 9.17) is 4.74 Å². The van der Waals surface area contributed by atoms with Crippen molar-refractivity contribution in [3.8, 4) is 5.75 Å². The number of piperidine rings is 1. The largest absolute Gasteiger partial charge is 0.497 e. The predicted molar refractivity (Wildman–Crippen MR) is 137 cm³/mol. The van der Waals surface area contributed by atoms with Crippen LogP contribution in [0.2, 0.25) is 0 Å². The highest BCUT2D eigenvalue weighted by Gasteiger charge is 2.36. The molecule has 7 nitrogen and oxygen atoms in total. The highest BCUT2D eigenvalue weighted by Crippen LogP contribution is 2.41. The van der Waals surface area contributed by atoms with E-state index >= 15 is 0 Å². The van der Waals surface area contributed by atoms with E-state index in [1.54, 1.807) is 14.2 Å². The number of halogens is 1. The third-order valence-corrected chi connectivity index (χ3v) is 6.64. The molecule has 1 aromatic rings. The van der Waals surface area contributed by atoms with Gasteiger partial charge in [0.05, 0.1) is 13.7 Å². The number of methoxy groups -OCH3 is 1. The smallest absolute Gasteiger partial charge is 0.233 e. The number of hydrogen-bond acceptors (Lipinski definition) is 4. The fourth-order valence-electron chi connectivity index (χ4n) is 4.73. The third-order valence-electron chi connectivity index (χ3n) is 6.64. The lowest BCUT2D eigenvalue weighted by Crippen LogP contribution is -2.51. The molecule has 31 heavy (non-hydrogen) atoms. The van der Waals surface area contributed by atoms with Crippen molar-refractivity contribution in [2.75, 3.05) is 47.4 Å². The first-order chi connectivity index (χ1) is 14.6. The van der Waals surface area contributed by atoms with Crippen molar-refractivity contribution in [3.63, 3.8) is 0 Å². The molecule has 1 aliphatic carbocycles. The Morgan fingerprint density at radius 1 is 1.26 bits per heavy atom. The van der Waals surface area contributed by atoms with Crippen LogP contribution >= 0.6 is 24.0 Å². The van der Waals surface area contributed by atoms with E-state index in [1.807, 2.05) is 13.1 Å². The Labute approximate surface area is 203 Å². The summed E-state index contributed by atoms with van der Waals surface area (Å²) in [6.07, 6.45) is 6.91. The summed E-state index contributed by atoms with van der Waals surface area (Å²) in [4.78, 5) is 18.3. The molecule has 0 aromatic heterocycles. The number of nitrogens with zero attached hydrogens (tertiary/aromatic N) is 2. The summed E-state index contributed by atoms with van der Waals surface area (Å²) >= 11 is 0. The third kappa shape index (κ3) is 6.97. The van der Waals surface area contributed by atoms with Crippen LogP contribution in [0.25, 0.3) is 0 Å². The molecule has 1 saturated carbocycles. The van der Waals surface area contributed by atoms with Crippen LogP contribution in [0, 0.1) is 0 Å². The number of likely N-dealkylation sites (tertiary alicyclic amines) is 1. The molecule has 0 spiro atoms. The zero-order valence-electron chi connectivity index (χ0n) is 19.1. The zero-order valence-corrected chi connectivity index (χ0v) is 21.4. The number of rotatable bonds is 7. The zero-order chi connectivity index (χ0) is 21.4. The molecule has 1 aliphatic heterocycles. The molecule has 3 rings (SSSR count). The lowest BCUT2D eigenvalue weighted by Gasteiger charge is -2.34. The normalized spacial score (nSPS) is 19.4. The van der Waals surface area contributed by atoms with Gasteiger partial charge in [-0.1, -0.05) is 25.0 Å². The maximum Gasteiger partial charge on any atom is 0.233 e. The monoisotopic (exact) mass is 543 g/mol. The Morgan fingerprint density at radius 3 is 2.58 bits per heavy atom. The van der Waals surface area contributed by atoms with Crippen molar-refractivity contribution in [3.05, 3.63) is 29.8 Å². The first kappa shape index (κ1) is 25.7. The Morgan fingerprint density at radius 2 is 1.97 bits per heavy atom. The SMILES string of the molecule is CN=C(NCC1(c2cccc(OC)c2)CCCC1)NC1CCN(CC(=O)NC)CC1.I. The summed E-state index contributed by atoms with van der Waals surface area (Å²) in [6.45, 7) is 3.21. The van der Waals surface area contributed by atoms with E-state index in [0.717, 1.165) is 44.2 Å². The van der Waals surface area contributed by atoms with Gasteiger partial charge in [-0.25, -0.2) is 0 Å². The highest BCUT2D eigenvalue weighted by atomic mass is 127. The van der Waals surface area contributed by atoms with Crippen LogP contribution in [0.4, 0.5) is 0 Å². The number of amides is 1. The molecule has 1 saturated heterocycles. The van der Waals surface area contributed by atoms with Crippen molar-refractivity contribution >= 4 is 35.8 Å². The van der Waals surface area contributed by atoms with Gasteiger partial charge in [0.2, 0.25) is 5.91 Å². The molecule has 0 atom stereocenters. The van der Waals surface area contributed by atoms with Gasteiger partial charge >= 0.3 is 0 Å². The summed E-state index contributed by atoms with van der Waals surface area (Å²) in [6, 6.07) is 8.90. The molecule has 0 radical (unpaired) electrons. The van der Waals surface area contributed by atoms with Crippen LogP contribution in [0.3, 0.4) is 0 Å². The van der Waals surface area contributed by atoms with Gasteiger partial charge in [-0.2, -0.15) is 0 Å². The second-order valence-electron chi connectivity index (χ2n) is 8.51. The molecule has 0 bridgehead atoms. The maximum atomic E-state index is 11.6. The molecule has 1 aromatic carbocycles. The van der Waals surface area contributed by atoms with Crippen LogP contribution in [-0.4, -0.2) is 70.2 Å². The van der Waals surface area contributed by atoms with Gasteiger partial charge in [0.1, 0.15) is 5.75 Å². The van der Waals surface area contributed by atoms with Gasteiger partial charge < -0.3 is 20.7 Å². The number of carbonyl (C=O) groups is 1. The summed E-state index contributed by atoms with van der Waals surface area (Å²) in [5.41, 5.74) is 1.48. The first-order valence-electron chi connectivity index (χ1n) is 11.1. The molecule has 2 aliphatic rings. The van der Waals surface area contributed by atoms with Gasteiger partial charge in [0.25, 0.3) is 0 Å². The van der Waals surface area contributed by atoms with Crippen molar-refractivity contribution in [2.45, 2.75) is 50.0 Å². The highest BCUT2D eigenvalue weighted by molar-refractivity contribution is 14.0. The Kier molecular flexibility index (Phi) is 10.3. The second kappa shape index (κ2) is 12.5. The molecular weight excluding hydrogens is 505 g/mol. The van der Waals surface area contributed by atoms with Crippen LogP contribution in [0.1, 0.15) is 44.1 Å². The number of nitrogens with one attached hydrogen (secondary N) is 3. The molecule has 3 N–H and O–H groups in total. The van der Waals surface area contributed by atoms with Crippen molar-refractivity contribution in [1.29, 1.82) is 0 Å². The van der Waals surface area contributed by atoms with Gasteiger partial charge in [-0.05, 0) is 43.4 Å². The molecular formula is C23H38IN5O2. The molecule has 174 valence electrons. The van der Waals surface area contributed by atoms with E-state index in [2.05, 4.69) is 44.0 Å². The number of hydrogen-bond donors (Lipinski definition) is 3. The van der Waals surface area contributed by atoms with E-state index < -0.39 is 0 Å². The van der Waals surface area contributed by atoms with Crippen LogP contribution in [0.5, 0.6) is 5.75 Å². The summed E-state index contributed by atoms with van der Waals surface area (Å²) < 4.78 is 5.46. The minimum absolute atomic E-state index is 0. The second-order valence-corrected chi connectivity index (χ2v) is 8.51. The molecule has 0 unspecified atom stereocenters. The van der Waals surface area contributed by atoms with Crippen molar-refractivity contribution in [2.24, 2.45) is 4.99 Å². The summed E-state index contributed by atoms with van der Waals surface area (Å²) in [5.74, 6) is 1.87. The minimum Gasteiger partial charge on any atom is -0.497 e. The van der Waals surface area contributed by atoms with Crippen molar-refractivity contribution in [1.82, 2.24) is 20.9 Å². The van der Waals surface area contributed by atoms with E-state index in [9.17, 15) is 4.79 Å². The number of ether oxygens (including phenoxy) is 1. The molecule has 8 heteroatoms. The number of benzene rings is 1. The van der Waals surface area contributed by atoms with Gasteiger partial charge in [0, 0.05) is 45.2 Å². The average Bonchev–Trinajstić information content (AvgIpc) is 3.28. The number of guanidine groups is 1. The summed E-state index contributed by atoms with van der Waals surface area (Å²) in [5, 5.41) is 9.90. The first-order valence-corrected chi connectivity index (χ1v) is 11.1. The van der Waals surface area contributed by atoms with E-state index in [-0.39, 0.29) is 35.3 Å². The van der Waals surface area contributed by atoms with Gasteiger partial charge in [0.15, 0.2) is 5.96 Å². The number of likely N-dealkylation sites (N-methyl/N-ethyl adjacent to an activating group) is 1. The van der Waals surface area contributed by atoms with E-state index in [1.165, 1.54) is 31.2 Å². The Balaban J connectivity index is 0.00000341. The Bertz CT molecular complexity index is 728. The Hall–Kier alpha value is -1.55. The quantitative estimate of drug-likeness (QED) is 0.280. The van der Waals surface area contributed by atoms with Crippen LogP contribution in [-0.2, 0) is 10.2 Å². The lowest BCUT2D eigenvalue weighted by molar-refractivity contribution is -0.122. The standard InChI is InChI=1S/C23H37N5O2.HI/c1-24-21(29)16-28-13-9-19(10-14-28)27-22(25-2)26-17-23(11-4-5-12-23)18-7-6-8-20(15-18)30-3;/h6-8,15,19H,4-5,9-14,16-17H2,1-3H3,(H,24,29)(H2,25,26,27);1H. The van der Waals surface area contributed by atoms with Crippen molar-refractivity contribution < 1.29 is 9.53 Å².